The molecule has 0 aromatic carbocycles. The summed E-state index contributed by atoms with van der Waals surface area (Å²) in [7, 11) is -5.89. The molecule has 0 amide bonds. The van der Waals surface area contributed by atoms with Gasteiger partial charge in [0.05, 0.1) is 46.2 Å². The summed E-state index contributed by atoms with van der Waals surface area (Å²) in [6, 6.07) is 0. The van der Waals surface area contributed by atoms with Crippen molar-refractivity contribution in [3.63, 3.8) is 0 Å². The molecule has 38 atom stereocenters. The molecule has 1 aliphatic carbocycles. The van der Waals surface area contributed by atoms with Crippen molar-refractivity contribution in [1.29, 1.82) is 0 Å². The number of esters is 2. The van der Waals surface area contributed by atoms with E-state index in [0.29, 0.717) is 25.7 Å². The zero-order valence-corrected chi connectivity index (χ0v) is 72.7. The molecule has 7 aliphatic rings. The number of aliphatic hydroxyl groups is 23. The van der Waals surface area contributed by atoms with Gasteiger partial charge in [0.25, 0.3) is 0 Å². The second kappa shape index (κ2) is 57.1. The maximum absolute atomic E-state index is 14.5. The molecule has 6 saturated heterocycles. The van der Waals surface area contributed by atoms with Crippen LogP contribution in [0.2, 0.25) is 0 Å². The van der Waals surface area contributed by atoms with Crippen LogP contribution in [0.4, 0.5) is 0 Å². The molecule has 0 aromatic rings. The number of allylic oxidation sites excluding steroid dienone is 4. The summed E-state index contributed by atoms with van der Waals surface area (Å²) in [6.07, 6.45) is -41.3. The van der Waals surface area contributed by atoms with Gasteiger partial charge in [0.1, 0.15) is 190 Å². The van der Waals surface area contributed by atoms with E-state index in [1.54, 1.807) is 0 Å². The first-order chi connectivity index (χ1) is 60.2. The van der Waals surface area contributed by atoms with Crippen molar-refractivity contribution in [3.05, 3.63) is 24.3 Å². The minimum atomic E-state index is -5.89. The van der Waals surface area contributed by atoms with Gasteiger partial charge in [-0.1, -0.05) is 167 Å². The zero-order chi connectivity index (χ0) is 92.3. The average Bonchev–Trinajstić information content (AvgIpc) is 0.756. The Hall–Kier alpha value is -2.87. The van der Waals surface area contributed by atoms with Crippen LogP contribution in [0.15, 0.2) is 24.3 Å². The van der Waals surface area contributed by atoms with Gasteiger partial charge >= 0.3 is 19.8 Å². The first kappa shape index (κ1) is 110. The second-order valence-electron chi connectivity index (χ2n) is 33.6. The fourth-order valence-electron chi connectivity index (χ4n) is 15.7. The number of aliphatic hydroxyl groups excluding tert-OH is 23. The molecule has 16 unspecified atom stereocenters. The number of phosphoric acid groups is 1. The molecule has 1 saturated carbocycles. The summed E-state index contributed by atoms with van der Waals surface area (Å²) in [4.78, 5) is 38.5. The average molecular weight is 1850 g/mol. The topological polar surface area (TPSA) is 684 Å². The van der Waals surface area contributed by atoms with Gasteiger partial charge in [0, 0.05) is 12.8 Å². The summed E-state index contributed by atoms with van der Waals surface area (Å²) in [6.45, 7) is -2.93. The fraction of sp³-hybridized carbons (Fsp3) is 0.927. The monoisotopic (exact) mass is 1850 g/mol. The highest BCUT2D eigenvalue weighted by Crippen LogP contribution is 2.49. The number of carbonyl (C=O) groups excluding carboxylic acids is 2. The minimum absolute atomic E-state index is 0.0482. The molecule has 24 N–H and O–H groups in total. The van der Waals surface area contributed by atoms with E-state index >= 15 is 0 Å². The van der Waals surface area contributed by atoms with Gasteiger partial charge in [0.15, 0.2) is 43.8 Å². The first-order valence-electron chi connectivity index (χ1n) is 44.7. The number of carbonyl (C=O) groups is 2. The Bertz CT molecular complexity index is 3080. The van der Waals surface area contributed by atoms with Gasteiger partial charge in [-0.2, -0.15) is 0 Å². The second-order valence-corrected chi connectivity index (χ2v) is 35.0. The highest BCUT2D eigenvalue weighted by Gasteiger charge is 2.60. The predicted molar refractivity (Wildman–Crippen MR) is 431 cm³/mol. The number of unbranched alkanes of at least 4 members (excludes halogenated alkanes) is 23. The third-order valence-corrected chi connectivity index (χ3v) is 24.6. The maximum Gasteiger partial charge on any atom is 0.472 e. The molecule has 0 aromatic heterocycles. The molecule has 736 valence electrons. The van der Waals surface area contributed by atoms with Gasteiger partial charge in [-0.15, -0.1) is 0 Å². The summed E-state index contributed by atoms with van der Waals surface area (Å²) in [5.74, 6) is -1.51. The standard InChI is InChI=1S/C82H145O43P/c1-3-5-7-9-11-13-15-17-19-21-22-24-26-28-30-32-34-51(85)110-38-44(116-52(86)35-33-31-29-27-25-23-20-18-16-14-12-10-8-6-4-2)39-115-126(108,109)125-76-74(123-81-72(106)60(94)54(88)46(37-84)118-81)66(100)65(99)67(101)75(76)124-82-73(107)64(98)58(92)50(122-82)43-114-80-71(105)63(97)57(91)49(121-80)42-113-79-70(104)62(96)56(90)48(120-79)41-112-78-69(103)61(95)55(89)47(119-78)40-111-77-68(102)59(93)53(87)45(36-83)117-77/h13,15,19,21,44-50,53-84,87-107H,3-12,14,16-18,20,22-43H2,1-2H3,(H,108,109)/b15-13-,21-19-/t44-,45?,46?,47?,48?,49?,50?,53+,54-,55+,56+,57+,58+,59?,60?,61?,62?,63?,64?,65+,66?,67?,68+,69+,70+,71+,72-,73+,74-,75?,76+,77-,78-,79-,80-,81-,82+/m1/s1. The molecule has 6 aliphatic heterocycles. The van der Waals surface area contributed by atoms with Crippen molar-refractivity contribution in [2.45, 2.75) is 427 Å². The molecule has 44 heteroatoms. The van der Waals surface area contributed by atoms with E-state index in [2.05, 4.69) is 38.2 Å². The molecule has 126 heavy (non-hydrogen) atoms. The van der Waals surface area contributed by atoms with Crippen molar-refractivity contribution in [3.8, 4) is 0 Å². The van der Waals surface area contributed by atoms with Crippen LogP contribution < -0.4 is 0 Å². The van der Waals surface area contributed by atoms with E-state index in [1.807, 2.05) is 0 Å². The molecule has 43 nitrogen and oxygen atoms in total. The Labute approximate surface area is 733 Å². The van der Waals surface area contributed by atoms with Crippen LogP contribution in [0, 0.1) is 0 Å². The third kappa shape index (κ3) is 33.6. The number of phosphoric ester groups is 1. The largest absolute Gasteiger partial charge is 0.472 e. The van der Waals surface area contributed by atoms with Crippen LogP contribution in [0.3, 0.4) is 0 Å². The van der Waals surface area contributed by atoms with Crippen molar-refractivity contribution in [2.75, 3.05) is 52.9 Å². The van der Waals surface area contributed by atoms with Crippen LogP contribution in [-0.2, 0) is 89.5 Å². The van der Waals surface area contributed by atoms with Gasteiger partial charge in [-0.25, -0.2) is 4.57 Å². The summed E-state index contributed by atoms with van der Waals surface area (Å²) < 4.78 is 104. The lowest BCUT2D eigenvalue weighted by molar-refractivity contribution is -0.365. The Balaban J connectivity index is 0.997. The molecule has 7 rings (SSSR count). The van der Waals surface area contributed by atoms with Crippen molar-refractivity contribution in [2.24, 2.45) is 0 Å². The number of hydrogen-bond acceptors (Lipinski definition) is 42. The van der Waals surface area contributed by atoms with Crippen LogP contribution >= 0.6 is 7.82 Å². The highest BCUT2D eigenvalue weighted by atomic mass is 31.2. The lowest BCUT2D eigenvalue weighted by Crippen LogP contribution is -2.69. The smallest absolute Gasteiger partial charge is 0.462 e. The lowest BCUT2D eigenvalue weighted by atomic mass is 9.84. The Morgan fingerprint density at radius 2 is 0.595 bits per heavy atom. The molecular formula is C82H145O43P. The summed E-state index contributed by atoms with van der Waals surface area (Å²) >= 11 is 0. The van der Waals surface area contributed by atoms with Crippen molar-refractivity contribution in [1.82, 2.24) is 0 Å². The van der Waals surface area contributed by atoms with Gasteiger partial charge in [-0.05, 0) is 44.9 Å². The van der Waals surface area contributed by atoms with Crippen molar-refractivity contribution < 1.29 is 212 Å². The molecule has 7 fully saturated rings. The number of rotatable bonds is 57. The van der Waals surface area contributed by atoms with Gasteiger partial charge in [0.2, 0.25) is 0 Å². The SMILES string of the molecule is CCCCCC/C=C\C/C=C\CCCCCCCC(=O)OC[C@H](COP(=O)(O)O[C@@H]1C(O[C@@H]2OC(CO[C@@H]3OC(CO[C@@H]4OC(CO[C@@H]5OC(CO[C@@H]6OC(CO)[C@H](O)C(O)[C@@H]6O)[C@H](O)C(O)[C@@H]5O)[C@H](O)C(O)[C@@H]4O)[C@H](O)C(O)[C@@H]3O)[C@H](O)C(O)[C@@H]2O)C(O)[C@@H](O)C(O)[C@H]1O[C@H]1OC(CO)[C@@H](O)C(O)[C@H]1O)OC(=O)CCCCCCCCCCCCCCCCC. The van der Waals surface area contributed by atoms with Gasteiger partial charge in [-0.3, -0.25) is 18.6 Å². The van der Waals surface area contributed by atoms with E-state index < -0.39 is 300 Å². The van der Waals surface area contributed by atoms with Gasteiger partial charge < -0.3 is 189 Å². The number of ether oxygens (including phenoxy) is 14. The zero-order valence-electron chi connectivity index (χ0n) is 71.8. The Morgan fingerprint density at radius 1 is 0.317 bits per heavy atom. The van der Waals surface area contributed by atoms with Crippen LogP contribution in [0.5, 0.6) is 0 Å². The lowest BCUT2D eigenvalue weighted by Gasteiger charge is -2.49. The van der Waals surface area contributed by atoms with Crippen molar-refractivity contribution >= 4 is 19.8 Å². The molecular weight excluding hydrogens is 1700 g/mol. The van der Waals surface area contributed by atoms with E-state index in [-0.39, 0.29) is 12.8 Å². The Morgan fingerprint density at radius 3 is 0.944 bits per heavy atom. The quantitative estimate of drug-likeness (QED) is 0.0120. The normalized spacial score (nSPS) is 39.1. The van der Waals surface area contributed by atoms with E-state index in [0.717, 1.165) is 70.6 Å². The summed E-state index contributed by atoms with van der Waals surface area (Å²) in [5.41, 5.74) is 0. The van der Waals surface area contributed by atoms with Crippen LogP contribution in [0.25, 0.3) is 0 Å². The molecule has 6 heterocycles. The summed E-state index contributed by atoms with van der Waals surface area (Å²) in [5, 5.41) is 251. The first-order valence-corrected chi connectivity index (χ1v) is 46.2. The van der Waals surface area contributed by atoms with Crippen LogP contribution in [0.1, 0.15) is 200 Å². The predicted octanol–water partition coefficient (Wildman–Crippen LogP) is -3.83. The van der Waals surface area contributed by atoms with Crippen LogP contribution in [-0.4, -0.2) is 414 Å². The Kier molecular flexibility index (Phi) is 49.9. The number of hydrogen-bond donors (Lipinski definition) is 24. The van der Waals surface area contributed by atoms with E-state index in [4.69, 9.17) is 75.4 Å². The molecule has 0 radical (unpaired) electrons. The van der Waals surface area contributed by atoms with E-state index in [1.165, 1.54) is 77.0 Å². The third-order valence-electron chi connectivity index (χ3n) is 23.6. The molecule has 0 bridgehead atoms. The molecule has 0 spiro atoms. The fourth-order valence-corrected chi connectivity index (χ4v) is 16.6. The minimum Gasteiger partial charge on any atom is -0.462 e. The highest BCUT2D eigenvalue weighted by molar-refractivity contribution is 7.47. The maximum atomic E-state index is 14.5. The van der Waals surface area contributed by atoms with E-state index in [9.17, 15) is 136 Å².